The molecule has 2 amide bonds. The van der Waals surface area contributed by atoms with Crippen molar-refractivity contribution >= 4 is 38.0 Å². The number of sulfone groups is 1. The van der Waals surface area contributed by atoms with Crippen molar-refractivity contribution < 1.29 is 18.0 Å². The van der Waals surface area contributed by atoms with Crippen LogP contribution in [0.25, 0.3) is 0 Å². The predicted molar refractivity (Wildman–Crippen MR) is 127 cm³/mol. The normalized spacial score (nSPS) is 21.1. The number of anilines is 1. The van der Waals surface area contributed by atoms with Crippen LogP contribution in [0, 0.1) is 0 Å². The molecule has 2 aromatic rings. The molecule has 1 aromatic heterocycles. The van der Waals surface area contributed by atoms with Gasteiger partial charge in [0.05, 0.1) is 17.1 Å². The van der Waals surface area contributed by atoms with Crippen LogP contribution in [0.1, 0.15) is 52.5 Å². The molecule has 7 nitrogen and oxygen atoms in total. The lowest BCUT2D eigenvalue weighted by molar-refractivity contribution is 0.0589. The van der Waals surface area contributed by atoms with E-state index in [4.69, 9.17) is 0 Å². The van der Waals surface area contributed by atoms with Crippen molar-refractivity contribution in [2.24, 2.45) is 0 Å². The van der Waals surface area contributed by atoms with Crippen molar-refractivity contribution in [2.45, 2.75) is 32.2 Å². The van der Waals surface area contributed by atoms with Gasteiger partial charge in [0.1, 0.15) is 5.00 Å². The Bertz CT molecular complexity index is 1080. The summed E-state index contributed by atoms with van der Waals surface area (Å²) in [5.41, 5.74) is 2.23. The van der Waals surface area contributed by atoms with Crippen LogP contribution in [0.15, 0.2) is 35.7 Å². The van der Waals surface area contributed by atoms with Gasteiger partial charge in [-0.15, -0.1) is 11.3 Å². The molecule has 0 radical (unpaired) electrons. The van der Waals surface area contributed by atoms with Gasteiger partial charge in [-0.05, 0) is 41.5 Å². The largest absolute Gasteiger partial charge is 0.336 e. The van der Waals surface area contributed by atoms with Crippen molar-refractivity contribution in [1.82, 2.24) is 9.80 Å². The maximum atomic E-state index is 13.1. The van der Waals surface area contributed by atoms with Crippen molar-refractivity contribution in [3.63, 3.8) is 0 Å². The van der Waals surface area contributed by atoms with Gasteiger partial charge in [0.2, 0.25) is 0 Å². The second-order valence-corrected chi connectivity index (χ2v) is 11.9. The fourth-order valence-corrected chi connectivity index (χ4v) is 6.83. The zero-order valence-electron chi connectivity index (χ0n) is 18.4. The SMILES string of the molecule is CC(C)c1ccc(C(=O)Nc2sccc2C(=O)N2CCN(C3CCS(=O)(=O)C3)CC2)cc1. The highest BCUT2D eigenvalue weighted by Crippen LogP contribution is 2.27. The number of rotatable bonds is 5. The van der Waals surface area contributed by atoms with E-state index in [2.05, 4.69) is 24.1 Å². The lowest BCUT2D eigenvalue weighted by Gasteiger charge is -2.37. The summed E-state index contributed by atoms with van der Waals surface area (Å²) >= 11 is 1.34. The van der Waals surface area contributed by atoms with Crippen LogP contribution in [-0.4, -0.2) is 73.8 Å². The van der Waals surface area contributed by atoms with E-state index in [0.29, 0.717) is 54.6 Å². The molecule has 2 fully saturated rings. The van der Waals surface area contributed by atoms with Gasteiger partial charge in [-0.2, -0.15) is 0 Å². The van der Waals surface area contributed by atoms with E-state index in [-0.39, 0.29) is 29.4 Å². The maximum absolute atomic E-state index is 13.1. The number of carbonyl (C=O) groups excluding carboxylic acids is 2. The molecule has 1 atom stereocenters. The Morgan fingerprint density at radius 2 is 1.75 bits per heavy atom. The zero-order valence-corrected chi connectivity index (χ0v) is 20.0. The van der Waals surface area contributed by atoms with Gasteiger partial charge < -0.3 is 10.2 Å². The molecule has 0 aliphatic carbocycles. The Balaban J connectivity index is 1.37. The zero-order chi connectivity index (χ0) is 22.9. The molecule has 32 heavy (non-hydrogen) atoms. The topological polar surface area (TPSA) is 86.8 Å². The lowest BCUT2D eigenvalue weighted by atomic mass is 10.0. The van der Waals surface area contributed by atoms with Gasteiger partial charge in [0.25, 0.3) is 11.8 Å². The Labute approximate surface area is 193 Å². The Kier molecular flexibility index (Phi) is 6.69. The number of hydrogen-bond acceptors (Lipinski definition) is 6. The maximum Gasteiger partial charge on any atom is 0.256 e. The van der Waals surface area contributed by atoms with Gasteiger partial charge in [-0.3, -0.25) is 14.5 Å². The summed E-state index contributed by atoms with van der Waals surface area (Å²) in [5.74, 6) is 0.543. The molecule has 0 spiro atoms. The predicted octanol–water partition coefficient (Wildman–Crippen LogP) is 3.07. The standard InChI is InChI=1S/C23H29N3O4S2/c1-16(2)17-3-5-18(6-4-17)21(27)24-22-20(7-13-31-22)23(28)26-11-9-25(10-12-26)19-8-14-32(29,30)15-19/h3-7,13,16,19H,8-12,14-15H2,1-2H3,(H,24,27). The molecule has 2 aliphatic heterocycles. The highest BCUT2D eigenvalue weighted by atomic mass is 32.2. The summed E-state index contributed by atoms with van der Waals surface area (Å²) in [6, 6.07) is 9.34. The van der Waals surface area contributed by atoms with Gasteiger partial charge in [-0.1, -0.05) is 26.0 Å². The van der Waals surface area contributed by atoms with Crippen molar-refractivity contribution in [3.05, 3.63) is 52.4 Å². The van der Waals surface area contributed by atoms with E-state index < -0.39 is 9.84 Å². The molecule has 0 bridgehead atoms. The first kappa shape index (κ1) is 22.9. The van der Waals surface area contributed by atoms with E-state index >= 15 is 0 Å². The van der Waals surface area contributed by atoms with E-state index in [9.17, 15) is 18.0 Å². The lowest BCUT2D eigenvalue weighted by Crippen LogP contribution is -2.52. The van der Waals surface area contributed by atoms with Crippen molar-refractivity contribution in [3.8, 4) is 0 Å². The van der Waals surface area contributed by atoms with Crippen LogP contribution in [-0.2, 0) is 9.84 Å². The molecule has 2 saturated heterocycles. The summed E-state index contributed by atoms with van der Waals surface area (Å²) < 4.78 is 23.5. The molecular formula is C23H29N3O4S2. The summed E-state index contributed by atoms with van der Waals surface area (Å²) in [5, 5.41) is 5.26. The quantitative estimate of drug-likeness (QED) is 0.718. The molecule has 1 unspecified atom stereocenters. The second-order valence-electron chi connectivity index (χ2n) is 8.78. The number of benzene rings is 1. The first-order valence-electron chi connectivity index (χ1n) is 11.0. The average Bonchev–Trinajstić information content (AvgIpc) is 3.39. The van der Waals surface area contributed by atoms with Crippen LogP contribution in [0.3, 0.4) is 0 Å². The third-order valence-electron chi connectivity index (χ3n) is 6.29. The minimum absolute atomic E-state index is 0.0651. The number of nitrogens with zero attached hydrogens (tertiary/aromatic N) is 2. The molecular weight excluding hydrogens is 446 g/mol. The molecule has 3 heterocycles. The number of piperazine rings is 1. The molecule has 172 valence electrons. The summed E-state index contributed by atoms with van der Waals surface area (Å²) in [6.07, 6.45) is 0.676. The van der Waals surface area contributed by atoms with E-state index in [1.807, 2.05) is 29.6 Å². The smallest absolute Gasteiger partial charge is 0.256 e. The van der Waals surface area contributed by atoms with Crippen LogP contribution in [0.2, 0.25) is 0 Å². The molecule has 1 N–H and O–H groups in total. The van der Waals surface area contributed by atoms with Crippen molar-refractivity contribution in [1.29, 1.82) is 0 Å². The third kappa shape index (κ3) is 5.05. The molecule has 9 heteroatoms. The van der Waals surface area contributed by atoms with Gasteiger partial charge in [-0.25, -0.2) is 8.42 Å². The average molecular weight is 476 g/mol. The Morgan fingerprint density at radius 1 is 1.06 bits per heavy atom. The van der Waals surface area contributed by atoms with Crippen molar-refractivity contribution in [2.75, 3.05) is 43.0 Å². The Morgan fingerprint density at radius 3 is 2.34 bits per heavy atom. The van der Waals surface area contributed by atoms with Gasteiger partial charge in [0.15, 0.2) is 9.84 Å². The van der Waals surface area contributed by atoms with Crippen LogP contribution >= 0.6 is 11.3 Å². The highest BCUT2D eigenvalue weighted by molar-refractivity contribution is 7.91. The van der Waals surface area contributed by atoms with Crippen LogP contribution in [0.4, 0.5) is 5.00 Å². The number of carbonyl (C=O) groups is 2. The number of hydrogen-bond donors (Lipinski definition) is 1. The monoisotopic (exact) mass is 475 g/mol. The van der Waals surface area contributed by atoms with E-state index in [0.717, 1.165) is 0 Å². The Hall–Kier alpha value is -2.23. The summed E-state index contributed by atoms with van der Waals surface area (Å²) in [4.78, 5) is 29.8. The van der Waals surface area contributed by atoms with Gasteiger partial charge >= 0.3 is 0 Å². The van der Waals surface area contributed by atoms with Gasteiger partial charge in [0, 0.05) is 37.8 Å². The van der Waals surface area contributed by atoms with Crippen LogP contribution in [0.5, 0.6) is 0 Å². The number of thiophene rings is 1. The third-order valence-corrected chi connectivity index (χ3v) is 8.87. The minimum Gasteiger partial charge on any atom is -0.336 e. The van der Waals surface area contributed by atoms with E-state index in [1.54, 1.807) is 11.0 Å². The second kappa shape index (κ2) is 9.33. The number of nitrogens with one attached hydrogen (secondary N) is 1. The fourth-order valence-electron chi connectivity index (χ4n) is 4.29. The highest BCUT2D eigenvalue weighted by Gasteiger charge is 2.34. The fraction of sp³-hybridized carbons (Fsp3) is 0.478. The summed E-state index contributed by atoms with van der Waals surface area (Å²) in [6.45, 7) is 6.65. The molecule has 0 saturated carbocycles. The molecule has 2 aliphatic rings. The summed E-state index contributed by atoms with van der Waals surface area (Å²) in [7, 11) is -2.92. The molecule has 1 aromatic carbocycles. The van der Waals surface area contributed by atoms with E-state index in [1.165, 1.54) is 16.9 Å². The van der Waals surface area contributed by atoms with Crippen LogP contribution < -0.4 is 5.32 Å². The minimum atomic E-state index is -2.92. The first-order chi connectivity index (χ1) is 15.2. The molecule has 4 rings (SSSR count). The number of amides is 2. The first-order valence-corrected chi connectivity index (χ1v) is 13.7.